The molecule has 1 aromatic rings. The maximum Gasteiger partial charge on any atom is 0.306 e. The van der Waals surface area contributed by atoms with Crippen molar-refractivity contribution < 1.29 is 19.1 Å². The quantitative estimate of drug-likeness (QED) is 0.889. The van der Waals surface area contributed by atoms with Gasteiger partial charge in [-0.3, -0.25) is 9.59 Å². The van der Waals surface area contributed by atoms with E-state index < -0.39 is 11.9 Å². The third-order valence-corrected chi connectivity index (χ3v) is 3.75. The minimum atomic E-state index is -0.826. The van der Waals surface area contributed by atoms with Crippen LogP contribution in [-0.2, 0) is 16.1 Å². The maximum absolute atomic E-state index is 13.0. The number of rotatable bonds is 4. The van der Waals surface area contributed by atoms with E-state index in [-0.39, 0.29) is 24.2 Å². The number of carboxylic acid groups (broad SMARTS) is 1. The van der Waals surface area contributed by atoms with Gasteiger partial charge in [0.2, 0.25) is 5.91 Å². The number of carbonyl (C=O) groups is 2. The molecule has 0 aliphatic heterocycles. The molecule has 1 aromatic carbocycles. The first-order valence-electron chi connectivity index (χ1n) is 6.81. The van der Waals surface area contributed by atoms with E-state index in [1.54, 1.807) is 12.1 Å². The van der Waals surface area contributed by atoms with Crippen LogP contribution in [0.15, 0.2) is 24.3 Å². The van der Waals surface area contributed by atoms with Gasteiger partial charge in [0.05, 0.1) is 5.92 Å². The van der Waals surface area contributed by atoms with E-state index in [1.165, 1.54) is 12.1 Å². The predicted molar refractivity (Wildman–Crippen MR) is 71.3 cm³/mol. The van der Waals surface area contributed by atoms with Crippen LogP contribution in [0.3, 0.4) is 0 Å². The lowest BCUT2D eigenvalue weighted by Crippen LogP contribution is -2.35. The number of halogens is 1. The SMILES string of the molecule is O=C(O)C1CCCC(C(=O)NCc2cccc(F)c2)C1. The van der Waals surface area contributed by atoms with E-state index in [0.717, 1.165) is 12.8 Å². The van der Waals surface area contributed by atoms with Crippen LogP contribution in [-0.4, -0.2) is 17.0 Å². The molecule has 2 atom stereocenters. The summed E-state index contributed by atoms with van der Waals surface area (Å²) in [7, 11) is 0. The topological polar surface area (TPSA) is 66.4 Å². The third-order valence-electron chi connectivity index (χ3n) is 3.75. The Labute approximate surface area is 117 Å². The molecule has 5 heteroatoms. The summed E-state index contributed by atoms with van der Waals surface area (Å²) in [5.41, 5.74) is 0.698. The fourth-order valence-corrected chi connectivity index (χ4v) is 2.63. The molecule has 1 aliphatic rings. The van der Waals surface area contributed by atoms with Gasteiger partial charge < -0.3 is 10.4 Å². The molecule has 108 valence electrons. The minimum absolute atomic E-state index is 0.139. The molecule has 20 heavy (non-hydrogen) atoms. The number of hydrogen-bond donors (Lipinski definition) is 2. The standard InChI is InChI=1S/C15H18FNO3/c16-13-6-1-3-10(7-13)9-17-14(18)11-4-2-5-12(8-11)15(19)20/h1,3,6-7,11-12H,2,4-5,8-9H2,(H,17,18)(H,19,20). The van der Waals surface area contributed by atoms with Gasteiger partial charge in [-0.2, -0.15) is 0 Å². The van der Waals surface area contributed by atoms with E-state index in [9.17, 15) is 14.0 Å². The molecule has 0 saturated heterocycles. The number of hydrogen-bond acceptors (Lipinski definition) is 2. The first-order valence-corrected chi connectivity index (χ1v) is 6.81. The Balaban J connectivity index is 1.87. The third kappa shape index (κ3) is 3.79. The molecule has 0 spiro atoms. The summed E-state index contributed by atoms with van der Waals surface area (Å²) in [6.45, 7) is 0.269. The molecule has 1 amide bonds. The maximum atomic E-state index is 13.0. The first kappa shape index (κ1) is 14.5. The summed E-state index contributed by atoms with van der Waals surface area (Å²) < 4.78 is 13.0. The number of aliphatic carboxylic acids is 1. The molecular formula is C15H18FNO3. The van der Waals surface area contributed by atoms with Crippen molar-refractivity contribution in [2.24, 2.45) is 11.8 Å². The molecule has 1 saturated carbocycles. The van der Waals surface area contributed by atoms with Gasteiger partial charge in [-0.05, 0) is 37.0 Å². The van der Waals surface area contributed by atoms with Crippen molar-refractivity contribution >= 4 is 11.9 Å². The molecule has 2 N–H and O–H groups in total. The molecule has 0 heterocycles. The van der Waals surface area contributed by atoms with Gasteiger partial charge >= 0.3 is 5.97 Å². The van der Waals surface area contributed by atoms with Crippen LogP contribution in [0, 0.1) is 17.7 Å². The highest BCUT2D eigenvalue weighted by atomic mass is 19.1. The lowest BCUT2D eigenvalue weighted by atomic mass is 9.81. The van der Waals surface area contributed by atoms with Gasteiger partial charge in [0, 0.05) is 12.5 Å². The van der Waals surface area contributed by atoms with Crippen LogP contribution >= 0.6 is 0 Å². The second kappa shape index (κ2) is 6.50. The summed E-state index contributed by atoms with van der Waals surface area (Å²) in [5.74, 6) is -1.97. The van der Waals surface area contributed by atoms with E-state index in [1.807, 2.05) is 0 Å². The Morgan fingerprint density at radius 3 is 2.75 bits per heavy atom. The zero-order chi connectivity index (χ0) is 14.5. The van der Waals surface area contributed by atoms with Crippen molar-refractivity contribution in [2.45, 2.75) is 32.2 Å². The van der Waals surface area contributed by atoms with Gasteiger partial charge in [0.15, 0.2) is 0 Å². The van der Waals surface area contributed by atoms with Gasteiger partial charge in [-0.15, -0.1) is 0 Å². The predicted octanol–water partition coefficient (Wildman–Crippen LogP) is 2.33. The van der Waals surface area contributed by atoms with Crippen LogP contribution in [0.4, 0.5) is 4.39 Å². The summed E-state index contributed by atoms with van der Waals surface area (Å²) in [4.78, 5) is 23.0. The minimum Gasteiger partial charge on any atom is -0.481 e. The Morgan fingerprint density at radius 1 is 1.30 bits per heavy atom. The van der Waals surface area contributed by atoms with Crippen LogP contribution in [0.5, 0.6) is 0 Å². The van der Waals surface area contributed by atoms with Gasteiger partial charge in [-0.25, -0.2) is 4.39 Å². The van der Waals surface area contributed by atoms with Gasteiger partial charge in [0.25, 0.3) is 0 Å². The fraction of sp³-hybridized carbons (Fsp3) is 0.467. The Hall–Kier alpha value is -1.91. The molecule has 2 rings (SSSR count). The van der Waals surface area contributed by atoms with E-state index in [0.29, 0.717) is 18.4 Å². The number of carboxylic acids is 1. The summed E-state index contributed by atoms with van der Waals surface area (Å²) in [6, 6.07) is 6.06. The molecule has 1 aliphatic carbocycles. The lowest BCUT2D eigenvalue weighted by molar-refractivity contribution is -0.144. The van der Waals surface area contributed by atoms with E-state index in [2.05, 4.69) is 5.32 Å². The zero-order valence-corrected chi connectivity index (χ0v) is 11.1. The van der Waals surface area contributed by atoms with Crippen LogP contribution < -0.4 is 5.32 Å². The van der Waals surface area contributed by atoms with Gasteiger partial charge in [-0.1, -0.05) is 18.6 Å². The second-order valence-electron chi connectivity index (χ2n) is 5.25. The molecule has 1 fully saturated rings. The molecule has 0 radical (unpaired) electrons. The summed E-state index contributed by atoms with van der Waals surface area (Å²) in [5, 5.41) is 11.8. The number of nitrogens with one attached hydrogen (secondary N) is 1. The van der Waals surface area contributed by atoms with Crippen molar-refractivity contribution in [1.82, 2.24) is 5.32 Å². The van der Waals surface area contributed by atoms with E-state index in [4.69, 9.17) is 5.11 Å². The highest BCUT2D eigenvalue weighted by molar-refractivity contribution is 5.80. The largest absolute Gasteiger partial charge is 0.481 e. The molecule has 4 nitrogen and oxygen atoms in total. The second-order valence-corrected chi connectivity index (χ2v) is 5.25. The lowest BCUT2D eigenvalue weighted by Gasteiger charge is -2.25. The highest BCUT2D eigenvalue weighted by Crippen LogP contribution is 2.29. The molecule has 0 aromatic heterocycles. The van der Waals surface area contributed by atoms with Crippen LogP contribution in [0.1, 0.15) is 31.2 Å². The van der Waals surface area contributed by atoms with Gasteiger partial charge in [0.1, 0.15) is 5.82 Å². The fourth-order valence-electron chi connectivity index (χ4n) is 2.63. The summed E-state index contributed by atoms with van der Waals surface area (Å²) >= 11 is 0. The van der Waals surface area contributed by atoms with E-state index >= 15 is 0 Å². The monoisotopic (exact) mass is 279 g/mol. The molecular weight excluding hydrogens is 261 g/mol. The molecule has 0 bridgehead atoms. The average Bonchev–Trinajstić information content (AvgIpc) is 2.45. The van der Waals surface area contributed by atoms with Crippen LogP contribution in [0.2, 0.25) is 0 Å². The van der Waals surface area contributed by atoms with Crippen molar-refractivity contribution in [1.29, 1.82) is 0 Å². The normalized spacial score (nSPS) is 22.2. The Morgan fingerprint density at radius 2 is 2.05 bits per heavy atom. The van der Waals surface area contributed by atoms with Crippen LogP contribution in [0.25, 0.3) is 0 Å². The Kier molecular flexibility index (Phi) is 4.71. The van der Waals surface area contributed by atoms with Crippen molar-refractivity contribution in [3.63, 3.8) is 0 Å². The number of carbonyl (C=O) groups excluding carboxylic acids is 1. The summed E-state index contributed by atoms with van der Waals surface area (Å²) in [6.07, 6.45) is 2.51. The van der Waals surface area contributed by atoms with Crippen molar-refractivity contribution in [2.75, 3.05) is 0 Å². The van der Waals surface area contributed by atoms with Crippen molar-refractivity contribution in [3.05, 3.63) is 35.6 Å². The van der Waals surface area contributed by atoms with Crippen molar-refractivity contribution in [3.8, 4) is 0 Å². The zero-order valence-electron chi connectivity index (χ0n) is 11.1. The average molecular weight is 279 g/mol. The number of amides is 1. The Bertz CT molecular complexity index is 504. The first-order chi connectivity index (χ1) is 9.56. The smallest absolute Gasteiger partial charge is 0.306 e. The highest BCUT2D eigenvalue weighted by Gasteiger charge is 2.30. The number of benzene rings is 1. The molecule has 2 unspecified atom stereocenters.